The smallest absolute Gasteiger partial charge is 0.291 e. The van der Waals surface area contributed by atoms with Crippen LogP contribution in [-0.4, -0.2) is 50.8 Å². The fraction of sp³-hybridized carbons (Fsp3) is 0.286. The maximum absolute atomic E-state index is 12.7. The van der Waals surface area contributed by atoms with E-state index in [2.05, 4.69) is 0 Å². The Morgan fingerprint density at radius 3 is 2.48 bits per heavy atom. The number of benzene rings is 2. The third-order valence-electron chi connectivity index (χ3n) is 4.80. The Morgan fingerprint density at radius 2 is 1.69 bits per heavy atom. The molecule has 0 aliphatic carbocycles. The average Bonchev–Trinajstić information content (AvgIpc) is 2.99. The Labute approximate surface area is 177 Å². The molecule has 150 valence electrons. The molecular weight excluding hydrogens is 408 g/mol. The van der Waals surface area contributed by atoms with E-state index < -0.39 is 5.44 Å². The van der Waals surface area contributed by atoms with Gasteiger partial charge in [-0.2, -0.15) is 0 Å². The minimum Gasteiger partial charge on any atom is -0.355 e. The summed E-state index contributed by atoms with van der Waals surface area (Å²) in [5, 5.41) is -0.333. The monoisotopic (exact) mass is 428 g/mol. The molecule has 2 heterocycles. The lowest BCUT2D eigenvalue weighted by Gasteiger charge is -2.34. The summed E-state index contributed by atoms with van der Waals surface area (Å²) in [4.78, 5) is 41.5. The summed E-state index contributed by atoms with van der Waals surface area (Å²) in [6.07, 6.45) is 0. The average molecular weight is 429 g/mol. The molecule has 8 heteroatoms. The highest BCUT2D eigenvalue weighted by atomic mass is 32.2. The van der Waals surface area contributed by atoms with Crippen LogP contribution in [0.5, 0.6) is 0 Å². The van der Waals surface area contributed by atoms with Crippen LogP contribution < -0.4 is 0 Å². The molecule has 4 rings (SSSR count). The summed E-state index contributed by atoms with van der Waals surface area (Å²) in [5.74, 6) is -0.385. The number of thioether (sulfide) groups is 2. The van der Waals surface area contributed by atoms with E-state index in [0.717, 1.165) is 22.2 Å². The van der Waals surface area contributed by atoms with Gasteiger partial charge in [0, 0.05) is 11.4 Å². The summed E-state index contributed by atoms with van der Waals surface area (Å²) in [6, 6.07) is 16.9. The number of fused-ring (bicyclic) bond motifs is 1. The lowest BCUT2D eigenvalue weighted by atomic mass is 10.2. The summed E-state index contributed by atoms with van der Waals surface area (Å²) >= 11 is 2.51. The Balaban J connectivity index is 1.33. The Kier molecular flexibility index (Phi) is 5.94. The van der Waals surface area contributed by atoms with Crippen molar-refractivity contribution in [2.45, 2.75) is 29.2 Å². The van der Waals surface area contributed by atoms with Crippen LogP contribution >= 0.6 is 23.5 Å². The summed E-state index contributed by atoms with van der Waals surface area (Å²) < 4.78 is 5.69. The number of carbonyl (C=O) groups excluding carboxylic acids is 3. The molecule has 3 amide bonds. The number of hydrogen-bond acceptors (Lipinski definition) is 6. The predicted octanol–water partition coefficient (Wildman–Crippen LogP) is 3.82. The fourth-order valence-electron chi connectivity index (χ4n) is 3.29. The molecule has 0 bridgehead atoms. The van der Waals surface area contributed by atoms with E-state index in [1.165, 1.54) is 4.90 Å². The van der Waals surface area contributed by atoms with E-state index in [4.69, 9.17) is 4.74 Å². The Morgan fingerprint density at radius 1 is 0.966 bits per heavy atom. The molecule has 1 saturated heterocycles. The summed E-state index contributed by atoms with van der Waals surface area (Å²) in [5.41, 5.74) is 0.714. The van der Waals surface area contributed by atoms with Gasteiger partial charge in [-0.3, -0.25) is 19.3 Å². The molecule has 0 spiro atoms. The molecule has 1 fully saturated rings. The van der Waals surface area contributed by atoms with Crippen LogP contribution in [-0.2, 0) is 16.1 Å². The van der Waals surface area contributed by atoms with Crippen molar-refractivity contribution in [2.75, 3.05) is 13.2 Å². The number of nitrogens with zero attached hydrogens (tertiary/aromatic N) is 2. The molecule has 2 atom stereocenters. The zero-order chi connectivity index (χ0) is 20.4. The molecule has 0 radical (unpaired) electrons. The van der Waals surface area contributed by atoms with Crippen LogP contribution in [0.25, 0.3) is 0 Å². The van der Waals surface area contributed by atoms with Crippen molar-refractivity contribution in [1.29, 1.82) is 0 Å². The number of amides is 3. The second-order valence-corrected chi connectivity index (χ2v) is 9.08. The second kappa shape index (κ2) is 8.61. The first-order valence-electron chi connectivity index (χ1n) is 9.29. The quantitative estimate of drug-likeness (QED) is 0.697. The fourth-order valence-corrected chi connectivity index (χ4v) is 5.28. The number of carbonyl (C=O) groups is 3. The van der Waals surface area contributed by atoms with Crippen molar-refractivity contribution < 1.29 is 19.1 Å². The van der Waals surface area contributed by atoms with Gasteiger partial charge < -0.3 is 9.64 Å². The van der Waals surface area contributed by atoms with Crippen molar-refractivity contribution in [3.63, 3.8) is 0 Å². The number of ether oxygens (including phenoxy) is 1. The Bertz CT molecular complexity index is 937. The summed E-state index contributed by atoms with van der Waals surface area (Å²) in [7, 11) is 0. The predicted molar refractivity (Wildman–Crippen MR) is 113 cm³/mol. The van der Waals surface area contributed by atoms with Gasteiger partial charge in [-0.05, 0) is 36.4 Å². The van der Waals surface area contributed by atoms with E-state index in [1.54, 1.807) is 16.7 Å². The maximum atomic E-state index is 12.7. The minimum absolute atomic E-state index is 0.0239. The molecule has 29 heavy (non-hydrogen) atoms. The van der Waals surface area contributed by atoms with Gasteiger partial charge >= 0.3 is 0 Å². The van der Waals surface area contributed by atoms with Crippen LogP contribution in [0.3, 0.4) is 0 Å². The van der Waals surface area contributed by atoms with Crippen LogP contribution in [0.15, 0.2) is 59.5 Å². The molecular formula is C21H20N2O4S2. The van der Waals surface area contributed by atoms with Crippen molar-refractivity contribution in [1.82, 2.24) is 9.80 Å². The van der Waals surface area contributed by atoms with E-state index in [9.17, 15) is 14.4 Å². The SMILES string of the molecule is CC1Sc2ccccc2C(=O)N1CCOC1SC(=O)N(Cc2ccccc2)C1=O. The van der Waals surface area contributed by atoms with Crippen molar-refractivity contribution in [3.05, 3.63) is 65.7 Å². The molecule has 0 aromatic heterocycles. The second-order valence-electron chi connectivity index (χ2n) is 6.71. The standard InChI is InChI=1S/C21H20N2O4S2/c1-14-22(18(24)16-9-5-6-10-17(16)28-14)11-12-27-20-19(25)23(21(26)29-20)13-15-7-3-2-4-8-15/h2-10,14,20H,11-13H2,1H3. The molecule has 2 aromatic carbocycles. The molecule has 2 unspecified atom stereocenters. The molecule has 2 aliphatic heterocycles. The van der Waals surface area contributed by atoms with Gasteiger partial charge in [0.25, 0.3) is 17.1 Å². The normalized spacial score (nSPS) is 21.6. The summed E-state index contributed by atoms with van der Waals surface area (Å²) in [6.45, 7) is 2.76. The topological polar surface area (TPSA) is 66.9 Å². The third-order valence-corrected chi connectivity index (χ3v) is 6.97. The van der Waals surface area contributed by atoms with Gasteiger partial charge in [-0.25, -0.2) is 0 Å². The zero-order valence-corrected chi connectivity index (χ0v) is 17.4. The highest BCUT2D eigenvalue weighted by molar-refractivity contribution is 8.15. The lowest BCUT2D eigenvalue weighted by Crippen LogP contribution is -2.42. The van der Waals surface area contributed by atoms with E-state index in [1.807, 2.05) is 61.5 Å². The number of rotatable bonds is 6. The van der Waals surface area contributed by atoms with Crippen molar-refractivity contribution in [3.8, 4) is 0 Å². The first kappa shape index (κ1) is 20.0. The van der Waals surface area contributed by atoms with E-state index in [0.29, 0.717) is 12.1 Å². The molecule has 6 nitrogen and oxygen atoms in total. The van der Waals surface area contributed by atoms with Crippen LogP contribution in [0.4, 0.5) is 4.79 Å². The lowest BCUT2D eigenvalue weighted by molar-refractivity contribution is -0.134. The van der Waals surface area contributed by atoms with Crippen LogP contribution in [0.1, 0.15) is 22.8 Å². The highest BCUT2D eigenvalue weighted by Gasteiger charge is 2.40. The molecule has 2 aliphatic rings. The van der Waals surface area contributed by atoms with E-state index >= 15 is 0 Å². The highest BCUT2D eigenvalue weighted by Crippen LogP contribution is 2.35. The molecule has 0 saturated carbocycles. The minimum atomic E-state index is -0.860. The van der Waals surface area contributed by atoms with Gasteiger partial charge in [0.15, 0.2) is 5.44 Å². The third kappa shape index (κ3) is 4.19. The van der Waals surface area contributed by atoms with Crippen LogP contribution in [0.2, 0.25) is 0 Å². The first-order valence-corrected chi connectivity index (χ1v) is 11.0. The zero-order valence-electron chi connectivity index (χ0n) is 15.8. The Hall–Kier alpha value is -2.29. The number of hydrogen-bond donors (Lipinski definition) is 0. The largest absolute Gasteiger partial charge is 0.355 e. The number of imide groups is 1. The molecule has 0 N–H and O–H groups in total. The van der Waals surface area contributed by atoms with Gasteiger partial charge in [0.2, 0.25) is 0 Å². The van der Waals surface area contributed by atoms with Gasteiger partial charge in [0.05, 0.1) is 24.1 Å². The van der Waals surface area contributed by atoms with Gasteiger partial charge in [0.1, 0.15) is 0 Å². The first-order chi connectivity index (χ1) is 14.0. The van der Waals surface area contributed by atoms with Crippen molar-refractivity contribution >= 4 is 40.6 Å². The van der Waals surface area contributed by atoms with Crippen molar-refractivity contribution in [2.24, 2.45) is 0 Å². The van der Waals surface area contributed by atoms with Crippen LogP contribution in [0, 0.1) is 0 Å². The van der Waals surface area contributed by atoms with E-state index in [-0.39, 0.29) is 35.6 Å². The molecule has 2 aromatic rings. The van der Waals surface area contributed by atoms with Gasteiger partial charge in [-0.15, -0.1) is 11.8 Å². The maximum Gasteiger partial charge on any atom is 0.291 e. The van der Waals surface area contributed by atoms with Gasteiger partial charge in [-0.1, -0.05) is 42.5 Å².